The van der Waals surface area contributed by atoms with Gasteiger partial charge in [0, 0.05) is 5.69 Å². The molecule has 0 aliphatic carbocycles. The third-order valence-electron chi connectivity index (χ3n) is 3.23. The molecule has 1 aromatic heterocycles. The number of aliphatic imine (C=N–C) groups is 1. The number of methoxy groups -OCH3 is 2. The SMILES string of the molecule is CO/C(N)=N/C(C)c1cccc(NC(=O)c2cnc(OC)cn2)c1. The van der Waals surface area contributed by atoms with Gasteiger partial charge in [0.05, 0.1) is 32.7 Å². The first kappa shape index (κ1) is 17.2. The van der Waals surface area contributed by atoms with Gasteiger partial charge in [-0.2, -0.15) is 0 Å². The van der Waals surface area contributed by atoms with Crippen LogP contribution in [0.25, 0.3) is 0 Å². The predicted octanol–water partition coefficient (Wildman–Crippen LogP) is 1.76. The molecule has 2 aromatic rings. The van der Waals surface area contributed by atoms with Crippen LogP contribution >= 0.6 is 0 Å². The maximum absolute atomic E-state index is 12.2. The first-order valence-electron chi connectivity index (χ1n) is 7.18. The molecule has 3 N–H and O–H groups in total. The number of rotatable bonds is 5. The highest BCUT2D eigenvalue weighted by Gasteiger charge is 2.11. The lowest BCUT2D eigenvalue weighted by atomic mass is 10.1. The van der Waals surface area contributed by atoms with E-state index in [0.717, 1.165) is 5.56 Å². The molecular weight excluding hydrogens is 310 g/mol. The lowest BCUT2D eigenvalue weighted by Crippen LogP contribution is -2.15. The Morgan fingerprint density at radius 3 is 2.71 bits per heavy atom. The van der Waals surface area contributed by atoms with Crippen LogP contribution in [0, 0.1) is 0 Å². The summed E-state index contributed by atoms with van der Waals surface area (Å²) in [4.78, 5) is 24.3. The lowest BCUT2D eigenvalue weighted by molar-refractivity contribution is 0.102. The fourth-order valence-electron chi connectivity index (χ4n) is 1.93. The van der Waals surface area contributed by atoms with Crippen LogP contribution in [0.3, 0.4) is 0 Å². The quantitative estimate of drug-likeness (QED) is 0.638. The molecule has 126 valence electrons. The van der Waals surface area contributed by atoms with Crippen molar-refractivity contribution in [3.8, 4) is 5.88 Å². The van der Waals surface area contributed by atoms with Gasteiger partial charge in [0.1, 0.15) is 5.69 Å². The van der Waals surface area contributed by atoms with E-state index in [1.807, 2.05) is 25.1 Å². The number of anilines is 1. The Bertz CT molecular complexity index is 731. The van der Waals surface area contributed by atoms with Crippen LogP contribution in [0.5, 0.6) is 5.88 Å². The van der Waals surface area contributed by atoms with Gasteiger partial charge < -0.3 is 20.5 Å². The van der Waals surface area contributed by atoms with Gasteiger partial charge in [-0.25, -0.2) is 15.0 Å². The summed E-state index contributed by atoms with van der Waals surface area (Å²) in [5.41, 5.74) is 7.25. The van der Waals surface area contributed by atoms with Crippen LogP contribution in [-0.2, 0) is 4.74 Å². The molecule has 0 aliphatic heterocycles. The van der Waals surface area contributed by atoms with E-state index in [1.165, 1.54) is 26.6 Å². The molecular formula is C16H19N5O3. The van der Waals surface area contributed by atoms with Gasteiger partial charge in [-0.1, -0.05) is 12.1 Å². The number of nitrogens with zero attached hydrogens (tertiary/aromatic N) is 3. The van der Waals surface area contributed by atoms with Crippen LogP contribution in [-0.4, -0.2) is 36.1 Å². The molecule has 1 amide bonds. The summed E-state index contributed by atoms with van der Waals surface area (Å²) in [5, 5.41) is 2.77. The van der Waals surface area contributed by atoms with Crippen molar-refractivity contribution in [2.75, 3.05) is 19.5 Å². The zero-order chi connectivity index (χ0) is 17.5. The topological polar surface area (TPSA) is 112 Å². The molecule has 0 aliphatic rings. The summed E-state index contributed by atoms with van der Waals surface area (Å²) in [6.07, 6.45) is 2.74. The van der Waals surface area contributed by atoms with Crippen LogP contribution in [0.2, 0.25) is 0 Å². The Morgan fingerprint density at radius 2 is 2.08 bits per heavy atom. The molecule has 0 saturated carbocycles. The van der Waals surface area contributed by atoms with E-state index < -0.39 is 0 Å². The Kier molecular flexibility index (Phi) is 5.67. The third kappa shape index (κ3) is 4.42. The number of hydrogen-bond acceptors (Lipinski definition) is 6. The highest BCUT2D eigenvalue weighted by atomic mass is 16.5. The van der Waals surface area contributed by atoms with E-state index in [2.05, 4.69) is 20.3 Å². The molecule has 1 unspecified atom stereocenters. The molecule has 0 saturated heterocycles. The van der Waals surface area contributed by atoms with Crippen LogP contribution in [0.15, 0.2) is 41.7 Å². The van der Waals surface area contributed by atoms with Crippen molar-refractivity contribution in [2.45, 2.75) is 13.0 Å². The maximum Gasteiger partial charge on any atom is 0.282 e. The second kappa shape index (κ2) is 7.91. The molecule has 0 bridgehead atoms. The monoisotopic (exact) mass is 329 g/mol. The van der Waals surface area contributed by atoms with E-state index in [9.17, 15) is 4.79 Å². The third-order valence-corrected chi connectivity index (χ3v) is 3.23. The fourth-order valence-corrected chi connectivity index (χ4v) is 1.93. The molecule has 8 nitrogen and oxygen atoms in total. The number of hydrogen-bond donors (Lipinski definition) is 2. The van der Waals surface area contributed by atoms with E-state index >= 15 is 0 Å². The second-order valence-electron chi connectivity index (χ2n) is 4.87. The molecule has 8 heteroatoms. The van der Waals surface area contributed by atoms with Gasteiger partial charge in [-0.3, -0.25) is 4.79 Å². The van der Waals surface area contributed by atoms with Crippen LogP contribution in [0.4, 0.5) is 5.69 Å². The Morgan fingerprint density at radius 1 is 1.29 bits per heavy atom. The number of amidine groups is 1. The minimum Gasteiger partial charge on any atom is -0.480 e. The van der Waals surface area contributed by atoms with Crippen molar-refractivity contribution < 1.29 is 14.3 Å². The van der Waals surface area contributed by atoms with Crippen LogP contribution in [0.1, 0.15) is 29.0 Å². The molecule has 0 fully saturated rings. The normalized spacial score (nSPS) is 12.4. The van der Waals surface area contributed by atoms with Gasteiger partial charge in [0.25, 0.3) is 11.9 Å². The summed E-state index contributed by atoms with van der Waals surface area (Å²) in [6.45, 7) is 1.88. The number of carbonyl (C=O) groups is 1. The average molecular weight is 329 g/mol. The van der Waals surface area contributed by atoms with Crippen molar-refractivity contribution in [2.24, 2.45) is 10.7 Å². The minimum absolute atomic E-state index is 0.102. The first-order chi connectivity index (χ1) is 11.5. The van der Waals surface area contributed by atoms with Crippen LogP contribution < -0.4 is 15.8 Å². The Hall–Kier alpha value is -3.16. The van der Waals surface area contributed by atoms with Crippen molar-refractivity contribution in [3.05, 3.63) is 47.9 Å². The molecule has 1 aromatic carbocycles. The van der Waals surface area contributed by atoms with Gasteiger partial charge in [0.2, 0.25) is 5.88 Å². The summed E-state index contributed by atoms with van der Waals surface area (Å²) in [5.74, 6) is -0.0224. The molecule has 2 rings (SSSR count). The molecule has 1 heterocycles. The summed E-state index contributed by atoms with van der Waals surface area (Å²) >= 11 is 0. The smallest absolute Gasteiger partial charge is 0.282 e. The van der Waals surface area contributed by atoms with E-state index in [-0.39, 0.29) is 23.7 Å². The zero-order valence-electron chi connectivity index (χ0n) is 13.7. The summed E-state index contributed by atoms with van der Waals surface area (Å²) in [6, 6.07) is 7.19. The Labute approximate surface area is 139 Å². The number of nitrogens with one attached hydrogen (secondary N) is 1. The number of amides is 1. The van der Waals surface area contributed by atoms with Gasteiger partial charge in [-0.05, 0) is 24.6 Å². The lowest BCUT2D eigenvalue weighted by Gasteiger charge is -2.11. The largest absolute Gasteiger partial charge is 0.480 e. The first-order valence-corrected chi connectivity index (χ1v) is 7.18. The Balaban J connectivity index is 2.12. The summed E-state index contributed by atoms with van der Waals surface area (Å²) < 4.78 is 9.76. The average Bonchev–Trinajstić information content (AvgIpc) is 2.61. The standard InChI is InChI=1S/C16H19N5O3/c1-10(20-16(17)24-3)11-5-4-6-12(7-11)21-15(22)13-8-19-14(23-2)9-18-13/h4-10H,1-3H3,(H2,17,20)(H,21,22). The zero-order valence-corrected chi connectivity index (χ0v) is 13.7. The molecule has 0 radical (unpaired) electrons. The van der Waals surface area contributed by atoms with Crippen molar-refractivity contribution in [3.63, 3.8) is 0 Å². The molecule has 24 heavy (non-hydrogen) atoms. The van der Waals surface area contributed by atoms with Crippen molar-refractivity contribution in [1.29, 1.82) is 0 Å². The second-order valence-corrected chi connectivity index (χ2v) is 4.87. The highest BCUT2D eigenvalue weighted by Crippen LogP contribution is 2.20. The predicted molar refractivity (Wildman–Crippen MR) is 90.0 cm³/mol. The number of ether oxygens (including phenoxy) is 2. The number of aromatic nitrogens is 2. The van der Waals surface area contributed by atoms with E-state index in [4.69, 9.17) is 15.2 Å². The number of benzene rings is 1. The molecule has 0 spiro atoms. The minimum atomic E-state index is -0.366. The summed E-state index contributed by atoms with van der Waals surface area (Å²) in [7, 11) is 2.94. The number of nitrogens with two attached hydrogens (primary N) is 1. The van der Waals surface area contributed by atoms with Gasteiger partial charge >= 0.3 is 0 Å². The van der Waals surface area contributed by atoms with E-state index in [0.29, 0.717) is 11.6 Å². The highest BCUT2D eigenvalue weighted by molar-refractivity contribution is 6.02. The van der Waals surface area contributed by atoms with Crippen molar-refractivity contribution >= 4 is 17.6 Å². The molecule has 1 atom stereocenters. The van der Waals surface area contributed by atoms with Crippen molar-refractivity contribution in [1.82, 2.24) is 9.97 Å². The fraction of sp³-hybridized carbons (Fsp3) is 0.250. The number of carbonyl (C=O) groups excluding carboxylic acids is 1. The maximum atomic E-state index is 12.2. The van der Waals surface area contributed by atoms with Gasteiger partial charge in [-0.15, -0.1) is 0 Å². The van der Waals surface area contributed by atoms with E-state index in [1.54, 1.807) is 6.07 Å². The van der Waals surface area contributed by atoms with Gasteiger partial charge in [0.15, 0.2) is 0 Å².